The van der Waals surface area contributed by atoms with Gasteiger partial charge in [-0.25, -0.2) is 4.79 Å². The van der Waals surface area contributed by atoms with Crippen LogP contribution in [0.2, 0.25) is 0 Å². The maximum atomic E-state index is 12.4. The quantitative estimate of drug-likeness (QED) is 0.260. The van der Waals surface area contributed by atoms with E-state index in [0.717, 1.165) is 41.2 Å². The summed E-state index contributed by atoms with van der Waals surface area (Å²) in [7, 11) is 0. The summed E-state index contributed by atoms with van der Waals surface area (Å²) in [6, 6.07) is 32.7. The molecule has 1 N–H and O–H groups in total. The van der Waals surface area contributed by atoms with Crippen molar-refractivity contribution in [3.8, 4) is 0 Å². The summed E-state index contributed by atoms with van der Waals surface area (Å²) in [5.74, 6) is -0.775. The first-order valence-corrected chi connectivity index (χ1v) is 11.9. The molecule has 2 aromatic heterocycles. The fourth-order valence-corrected chi connectivity index (χ4v) is 5.50. The van der Waals surface area contributed by atoms with Gasteiger partial charge in [0.15, 0.2) is 0 Å². The molecule has 0 aliphatic heterocycles. The molecule has 168 valence electrons. The van der Waals surface area contributed by atoms with E-state index in [0.29, 0.717) is 6.42 Å². The molecule has 2 heterocycles. The van der Waals surface area contributed by atoms with Crippen molar-refractivity contribution in [3.63, 3.8) is 0 Å². The summed E-state index contributed by atoms with van der Waals surface area (Å²) in [6.45, 7) is 0.869. The number of rotatable bonds is 7. The number of aliphatic carboxylic acids is 1. The van der Waals surface area contributed by atoms with E-state index in [1.807, 2.05) is 41.0 Å². The summed E-state index contributed by atoms with van der Waals surface area (Å²) in [4.78, 5) is 12.4. The van der Waals surface area contributed by atoms with Crippen LogP contribution in [0.15, 0.2) is 97.1 Å². The Kier molecular flexibility index (Phi) is 5.06. The fraction of sp³-hybridized carbons (Fsp3) is 0.167. The van der Waals surface area contributed by atoms with Gasteiger partial charge in [-0.05, 0) is 43.5 Å². The van der Waals surface area contributed by atoms with Crippen LogP contribution in [0.3, 0.4) is 0 Å². The lowest BCUT2D eigenvalue weighted by Crippen LogP contribution is -2.19. The number of nitrogens with zero attached hydrogens (tertiary/aromatic N) is 2. The Balaban J connectivity index is 1.29. The van der Waals surface area contributed by atoms with Gasteiger partial charge in [0, 0.05) is 50.2 Å². The number of carboxylic acids is 1. The zero-order valence-corrected chi connectivity index (χ0v) is 18.9. The summed E-state index contributed by atoms with van der Waals surface area (Å²) >= 11 is 0. The predicted octanol–water partition coefficient (Wildman–Crippen LogP) is 7.40. The summed E-state index contributed by atoms with van der Waals surface area (Å²) in [5, 5.41) is 15.0. The number of unbranched alkanes of at least 4 members (excludes halogenated alkanes) is 1. The number of fused-ring (bicyclic) bond motifs is 6. The van der Waals surface area contributed by atoms with Gasteiger partial charge in [-0.3, -0.25) is 0 Å². The number of benzene rings is 4. The SMILES string of the molecule is O=C(O)C(CCCCn1c2ccccc2c2ccccc21)n1c2ccccc2c2ccccc21. The van der Waals surface area contributed by atoms with Gasteiger partial charge in [0.1, 0.15) is 6.04 Å². The van der Waals surface area contributed by atoms with Gasteiger partial charge >= 0.3 is 5.97 Å². The van der Waals surface area contributed by atoms with Crippen molar-refractivity contribution in [2.75, 3.05) is 0 Å². The zero-order valence-electron chi connectivity index (χ0n) is 18.9. The molecule has 0 spiro atoms. The highest BCUT2D eigenvalue weighted by atomic mass is 16.4. The Morgan fingerprint density at radius 1 is 0.618 bits per heavy atom. The maximum absolute atomic E-state index is 12.4. The molecule has 1 unspecified atom stereocenters. The van der Waals surface area contributed by atoms with Gasteiger partial charge in [0.2, 0.25) is 0 Å². The third kappa shape index (κ3) is 3.26. The molecule has 4 heteroatoms. The molecular weight excluding hydrogens is 420 g/mol. The van der Waals surface area contributed by atoms with E-state index in [9.17, 15) is 9.90 Å². The van der Waals surface area contributed by atoms with Gasteiger partial charge in [-0.1, -0.05) is 72.8 Å². The normalized spacial score (nSPS) is 12.7. The minimum Gasteiger partial charge on any atom is -0.480 e. The minimum atomic E-state index is -0.775. The van der Waals surface area contributed by atoms with Crippen molar-refractivity contribution in [2.45, 2.75) is 31.8 Å². The number of carboxylic acid groups (broad SMARTS) is 1. The summed E-state index contributed by atoms with van der Waals surface area (Å²) in [5.41, 5.74) is 4.44. The molecule has 0 radical (unpaired) electrons. The molecule has 0 saturated heterocycles. The van der Waals surface area contributed by atoms with Crippen LogP contribution in [0.25, 0.3) is 43.6 Å². The number of para-hydroxylation sites is 4. The van der Waals surface area contributed by atoms with Gasteiger partial charge in [0.25, 0.3) is 0 Å². The Labute approximate surface area is 197 Å². The van der Waals surface area contributed by atoms with E-state index in [1.54, 1.807) is 0 Å². The minimum absolute atomic E-state index is 0.592. The fourth-order valence-electron chi connectivity index (χ4n) is 5.50. The standard InChI is InChI=1S/C30H26N2O2/c33-30(34)29(32-27-17-7-3-13-23(27)24-14-4-8-18-28(24)32)19-9-10-20-31-25-15-5-1-11-21(25)22-12-2-6-16-26(22)31/h1-8,11-18,29H,9-10,19-20H2,(H,33,34). The third-order valence-corrected chi connectivity index (χ3v) is 7.00. The van der Waals surface area contributed by atoms with E-state index in [-0.39, 0.29) is 0 Å². The second-order valence-electron chi connectivity index (χ2n) is 8.94. The highest BCUT2D eigenvalue weighted by molar-refractivity contribution is 6.09. The van der Waals surface area contributed by atoms with Crippen LogP contribution in [0.1, 0.15) is 25.3 Å². The number of hydrogen-bond donors (Lipinski definition) is 1. The van der Waals surface area contributed by atoms with Crippen molar-refractivity contribution in [2.24, 2.45) is 0 Å². The van der Waals surface area contributed by atoms with Gasteiger partial charge in [-0.15, -0.1) is 0 Å². The topological polar surface area (TPSA) is 47.2 Å². The Morgan fingerprint density at radius 3 is 1.50 bits per heavy atom. The van der Waals surface area contributed by atoms with Crippen molar-refractivity contribution in [1.82, 2.24) is 9.13 Å². The molecule has 0 fully saturated rings. The first kappa shape index (κ1) is 20.5. The number of aryl methyl sites for hydroxylation is 1. The molecule has 0 aliphatic carbocycles. The Morgan fingerprint density at radius 2 is 1.03 bits per heavy atom. The van der Waals surface area contributed by atoms with E-state index in [1.165, 1.54) is 21.8 Å². The second kappa shape index (κ2) is 8.38. The van der Waals surface area contributed by atoms with E-state index in [2.05, 4.69) is 65.2 Å². The monoisotopic (exact) mass is 446 g/mol. The summed E-state index contributed by atoms with van der Waals surface area (Å²) in [6.07, 6.45) is 2.34. The first-order valence-electron chi connectivity index (χ1n) is 11.9. The highest BCUT2D eigenvalue weighted by Crippen LogP contribution is 2.34. The number of aromatic nitrogens is 2. The molecule has 6 rings (SSSR count). The lowest BCUT2D eigenvalue weighted by molar-refractivity contribution is -0.140. The van der Waals surface area contributed by atoms with Gasteiger partial charge in [-0.2, -0.15) is 0 Å². The molecule has 0 bridgehead atoms. The van der Waals surface area contributed by atoms with Crippen LogP contribution < -0.4 is 0 Å². The van der Waals surface area contributed by atoms with Crippen molar-refractivity contribution in [3.05, 3.63) is 97.1 Å². The molecule has 4 aromatic carbocycles. The maximum Gasteiger partial charge on any atom is 0.326 e. The van der Waals surface area contributed by atoms with E-state index < -0.39 is 12.0 Å². The van der Waals surface area contributed by atoms with Gasteiger partial charge in [0.05, 0.1) is 0 Å². The van der Waals surface area contributed by atoms with Crippen LogP contribution in [0.4, 0.5) is 0 Å². The van der Waals surface area contributed by atoms with E-state index >= 15 is 0 Å². The molecule has 6 aromatic rings. The average molecular weight is 447 g/mol. The van der Waals surface area contributed by atoms with E-state index in [4.69, 9.17) is 0 Å². The largest absolute Gasteiger partial charge is 0.480 e. The van der Waals surface area contributed by atoms with Crippen LogP contribution >= 0.6 is 0 Å². The van der Waals surface area contributed by atoms with Gasteiger partial charge < -0.3 is 14.2 Å². The zero-order chi connectivity index (χ0) is 23.1. The molecule has 4 nitrogen and oxygen atoms in total. The smallest absolute Gasteiger partial charge is 0.326 e. The first-order chi connectivity index (χ1) is 16.7. The number of carbonyl (C=O) groups is 1. The molecule has 0 aliphatic rings. The molecule has 1 atom stereocenters. The molecule has 34 heavy (non-hydrogen) atoms. The lowest BCUT2D eigenvalue weighted by Gasteiger charge is -2.17. The number of hydrogen-bond acceptors (Lipinski definition) is 1. The Bertz CT molecular complexity index is 1550. The lowest BCUT2D eigenvalue weighted by atomic mass is 10.1. The van der Waals surface area contributed by atoms with Crippen LogP contribution in [-0.2, 0) is 11.3 Å². The third-order valence-electron chi connectivity index (χ3n) is 7.00. The summed E-state index contributed by atoms with van der Waals surface area (Å²) < 4.78 is 4.40. The molecule has 0 saturated carbocycles. The second-order valence-corrected chi connectivity index (χ2v) is 8.94. The average Bonchev–Trinajstić information content (AvgIpc) is 3.37. The van der Waals surface area contributed by atoms with Crippen molar-refractivity contribution in [1.29, 1.82) is 0 Å². The molecule has 0 amide bonds. The van der Waals surface area contributed by atoms with Crippen molar-refractivity contribution >= 4 is 49.6 Å². The van der Waals surface area contributed by atoms with Crippen LogP contribution in [0, 0.1) is 0 Å². The van der Waals surface area contributed by atoms with Crippen LogP contribution in [-0.4, -0.2) is 20.2 Å². The molecular formula is C30H26N2O2. The van der Waals surface area contributed by atoms with Crippen molar-refractivity contribution < 1.29 is 9.90 Å². The predicted molar refractivity (Wildman–Crippen MR) is 139 cm³/mol. The Hall–Kier alpha value is -4.05. The van der Waals surface area contributed by atoms with Crippen LogP contribution in [0.5, 0.6) is 0 Å². The highest BCUT2D eigenvalue weighted by Gasteiger charge is 2.23.